The molecule has 0 saturated heterocycles. The van der Waals surface area contributed by atoms with E-state index in [1.165, 1.54) is 0 Å². The summed E-state index contributed by atoms with van der Waals surface area (Å²) in [6, 6.07) is 5.51. The minimum atomic E-state index is -0.0519. The predicted molar refractivity (Wildman–Crippen MR) is 79.1 cm³/mol. The van der Waals surface area contributed by atoms with E-state index in [4.69, 9.17) is 4.74 Å². The van der Waals surface area contributed by atoms with Gasteiger partial charge in [0.05, 0.1) is 17.5 Å². The molecule has 5 nitrogen and oxygen atoms in total. The molecule has 1 heterocycles. The molecule has 1 aromatic heterocycles. The molecule has 2 rings (SSSR count). The fourth-order valence-electron chi connectivity index (χ4n) is 2.11. The largest absolute Gasteiger partial charge is 0.478 e. The van der Waals surface area contributed by atoms with Gasteiger partial charge in [-0.3, -0.25) is 4.79 Å². The van der Waals surface area contributed by atoms with Crippen LogP contribution >= 0.6 is 0 Å². The Morgan fingerprint density at radius 3 is 2.90 bits per heavy atom. The van der Waals surface area contributed by atoms with Crippen LogP contribution in [0.3, 0.4) is 0 Å². The number of unbranched alkanes of at least 4 members (excludes halogenated alkanes) is 1. The third kappa shape index (κ3) is 2.92. The van der Waals surface area contributed by atoms with Crippen LogP contribution in [0.4, 0.5) is 0 Å². The third-order valence-electron chi connectivity index (χ3n) is 3.14. The molecule has 0 atom stereocenters. The Labute approximate surface area is 118 Å². The standard InChI is InChI=1S/C15H21N3O2/c1-4-6-9-16-14(19)11-7-8-12-13(10-11)17-18(3)15(12)20-5-2/h7-8,10H,4-6,9H2,1-3H3,(H,16,19). The molecule has 0 spiro atoms. The van der Waals surface area contributed by atoms with E-state index < -0.39 is 0 Å². The number of ether oxygens (including phenoxy) is 1. The second kappa shape index (κ2) is 6.41. The summed E-state index contributed by atoms with van der Waals surface area (Å²) in [5.74, 6) is 0.685. The normalized spacial score (nSPS) is 10.8. The second-order valence-electron chi connectivity index (χ2n) is 4.70. The number of hydrogen-bond donors (Lipinski definition) is 1. The number of nitrogens with zero attached hydrogens (tertiary/aromatic N) is 2. The Kier molecular flexibility index (Phi) is 4.61. The molecular weight excluding hydrogens is 254 g/mol. The Morgan fingerprint density at radius 2 is 2.20 bits per heavy atom. The van der Waals surface area contributed by atoms with Crippen molar-refractivity contribution in [1.82, 2.24) is 15.1 Å². The van der Waals surface area contributed by atoms with Gasteiger partial charge in [0.15, 0.2) is 0 Å². The van der Waals surface area contributed by atoms with E-state index in [1.54, 1.807) is 10.7 Å². The number of rotatable bonds is 6. The molecule has 0 aliphatic rings. The highest BCUT2D eigenvalue weighted by molar-refractivity contribution is 5.98. The molecule has 1 N–H and O–H groups in total. The first-order valence-corrected chi connectivity index (χ1v) is 7.05. The van der Waals surface area contributed by atoms with E-state index in [1.807, 2.05) is 26.1 Å². The van der Waals surface area contributed by atoms with E-state index in [0.29, 0.717) is 18.7 Å². The van der Waals surface area contributed by atoms with Crippen LogP contribution in [0, 0.1) is 0 Å². The lowest BCUT2D eigenvalue weighted by Crippen LogP contribution is -2.24. The molecule has 0 unspecified atom stereocenters. The summed E-state index contributed by atoms with van der Waals surface area (Å²) >= 11 is 0. The number of carbonyl (C=O) groups is 1. The van der Waals surface area contributed by atoms with Gasteiger partial charge in [0, 0.05) is 19.2 Å². The summed E-state index contributed by atoms with van der Waals surface area (Å²) in [5, 5.41) is 8.22. The van der Waals surface area contributed by atoms with E-state index in [2.05, 4.69) is 17.3 Å². The molecule has 0 bridgehead atoms. The summed E-state index contributed by atoms with van der Waals surface area (Å²) in [7, 11) is 1.84. The Hall–Kier alpha value is -2.04. The van der Waals surface area contributed by atoms with Gasteiger partial charge in [-0.15, -0.1) is 0 Å². The van der Waals surface area contributed by atoms with Crippen LogP contribution in [0.15, 0.2) is 18.2 Å². The number of aryl methyl sites for hydroxylation is 1. The van der Waals surface area contributed by atoms with Crippen molar-refractivity contribution in [3.05, 3.63) is 23.8 Å². The summed E-state index contributed by atoms with van der Waals surface area (Å²) < 4.78 is 7.27. The average Bonchev–Trinajstić information content (AvgIpc) is 2.75. The quantitative estimate of drug-likeness (QED) is 0.824. The van der Waals surface area contributed by atoms with Crippen molar-refractivity contribution in [2.45, 2.75) is 26.7 Å². The first-order valence-electron chi connectivity index (χ1n) is 7.05. The molecule has 0 saturated carbocycles. The Bertz CT molecular complexity index is 604. The van der Waals surface area contributed by atoms with Gasteiger partial charge in [0.2, 0.25) is 5.88 Å². The smallest absolute Gasteiger partial charge is 0.251 e. The van der Waals surface area contributed by atoms with Crippen LogP contribution in [-0.4, -0.2) is 28.8 Å². The van der Waals surface area contributed by atoms with E-state index in [-0.39, 0.29) is 5.91 Å². The van der Waals surface area contributed by atoms with E-state index in [0.717, 1.165) is 29.6 Å². The zero-order valence-electron chi connectivity index (χ0n) is 12.3. The zero-order chi connectivity index (χ0) is 14.5. The number of nitrogens with one attached hydrogen (secondary N) is 1. The van der Waals surface area contributed by atoms with Crippen LogP contribution in [0.25, 0.3) is 10.9 Å². The van der Waals surface area contributed by atoms with Gasteiger partial charge in [-0.05, 0) is 31.5 Å². The summed E-state index contributed by atoms with van der Waals surface area (Å²) in [5.41, 5.74) is 1.41. The van der Waals surface area contributed by atoms with Crippen molar-refractivity contribution in [1.29, 1.82) is 0 Å². The summed E-state index contributed by atoms with van der Waals surface area (Å²) in [6.07, 6.45) is 2.06. The maximum absolute atomic E-state index is 12.0. The van der Waals surface area contributed by atoms with Crippen molar-refractivity contribution in [3.8, 4) is 5.88 Å². The number of fused-ring (bicyclic) bond motifs is 1. The Morgan fingerprint density at radius 1 is 1.40 bits per heavy atom. The molecule has 0 radical (unpaired) electrons. The van der Waals surface area contributed by atoms with Gasteiger partial charge >= 0.3 is 0 Å². The van der Waals surface area contributed by atoms with Crippen molar-refractivity contribution in [3.63, 3.8) is 0 Å². The monoisotopic (exact) mass is 275 g/mol. The zero-order valence-corrected chi connectivity index (χ0v) is 12.3. The van der Waals surface area contributed by atoms with Crippen LogP contribution < -0.4 is 10.1 Å². The fraction of sp³-hybridized carbons (Fsp3) is 0.467. The molecule has 0 aliphatic carbocycles. The van der Waals surface area contributed by atoms with Crippen molar-refractivity contribution < 1.29 is 9.53 Å². The number of hydrogen-bond acceptors (Lipinski definition) is 3. The van der Waals surface area contributed by atoms with E-state index >= 15 is 0 Å². The van der Waals surface area contributed by atoms with Crippen molar-refractivity contribution in [2.75, 3.05) is 13.2 Å². The van der Waals surface area contributed by atoms with Gasteiger partial charge in [-0.2, -0.15) is 5.10 Å². The molecular formula is C15H21N3O2. The highest BCUT2D eigenvalue weighted by Gasteiger charge is 2.12. The minimum Gasteiger partial charge on any atom is -0.478 e. The lowest BCUT2D eigenvalue weighted by molar-refractivity contribution is 0.0953. The second-order valence-corrected chi connectivity index (χ2v) is 4.70. The number of benzene rings is 1. The van der Waals surface area contributed by atoms with Crippen molar-refractivity contribution in [2.24, 2.45) is 7.05 Å². The first kappa shape index (κ1) is 14.4. The Balaban J connectivity index is 2.23. The molecule has 1 amide bonds. The highest BCUT2D eigenvalue weighted by Crippen LogP contribution is 2.25. The maximum atomic E-state index is 12.0. The molecule has 0 aliphatic heterocycles. The molecule has 108 valence electrons. The molecule has 0 fully saturated rings. The first-order chi connectivity index (χ1) is 9.67. The number of carbonyl (C=O) groups excluding carboxylic acids is 1. The third-order valence-corrected chi connectivity index (χ3v) is 3.14. The van der Waals surface area contributed by atoms with Crippen LogP contribution in [0.5, 0.6) is 5.88 Å². The molecule has 20 heavy (non-hydrogen) atoms. The SMILES string of the molecule is CCCCNC(=O)c1ccc2c(OCC)n(C)nc2c1. The molecule has 2 aromatic rings. The minimum absolute atomic E-state index is 0.0519. The number of amides is 1. The highest BCUT2D eigenvalue weighted by atomic mass is 16.5. The maximum Gasteiger partial charge on any atom is 0.251 e. The van der Waals surface area contributed by atoms with E-state index in [9.17, 15) is 4.79 Å². The van der Waals surface area contributed by atoms with Crippen LogP contribution in [0.1, 0.15) is 37.0 Å². The lowest BCUT2D eigenvalue weighted by atomic mass is 10.1. The lowest BCUT2D eigenvalue weighted by Gasteiger charge is -2.04. The van der Waals surface area contributed by atoms with Gasteiger partial charge in [0.25, 0.3) is 5.91 Å². The summed E-state index contributed by atoms with van der Waals surface area (Å²) in [4.78, 5) is 12.0. The molecule has 1 aromatic carbocycles. The number of aromatic nitrogens is 2. The molecule has 5 heteroatoms. The van der Waals surface area contributed by atoms with Crippen LogP contribution in [-0.2, 0) is 7.05 Å². The predicted octanol–water partition coefficient (Wildman–Crippen LogP) is 2.50. The topological polar surface area (TPSA) is 56.1 Å². The van der Waals surface area contributed by atoms with Gasteiger partial charge < -0.3 is 10.1 Å². The fourth-order valence-corrected chi connectivity index (χ4v) is 2.11. The van der Waals surface area contributed by atoms with Gasteiger partial charge in [-0.25, -0.2) is 4.68 Å². The van der Waals surface area contributed by atoms with Crippen LogP contribution in [0.2, 0.25) is 0 Å². The summed E-state index contributed by atoms with van der Waals surface area (Å²) in [6.45, 7) is 5.34. The average molecular weight is 275 g/mol. The van der Waals surface area contributed by atoms with Gasteiger partial charge in [-0.1, -0.05) is 13.3 Å². The van der Waals surface area contributed by atoms with Gasteiger partial charge in [0.1, 0.15) is 0 Å². The van der Waals surface area contributed by atoms with Crippen molar-refractivity contribution >= 4 is 16.8 Å².